The van der Waals surface area contributed by atoms with E-state index in [2.05, 4.69) is 10.6 Å². The molecule has 1 aromatic rings. The second-order valence-corrected chi connectivity index (χ2v) is 3.80. The predicted octanol–water partition coefficient (Wildman–Crippen LogP) is 0.801. The van der Waals surface area contributed by atoms with E-state index in [0.717, 1.165) is 12.8 Å². The lowest BCUT2D eigenvalue weighted by Gasteiger charge is -2.08. The van der Waals surface area contributed by atoms with Gasteiger partial charge in [0.25, 0.3) is 5.91 Å². The molecule has 0 spiro atoms. The van der Waals surface area contributed by atoms with Gasteiger partial charge in [-0.1, -0.05) is 30.3 Å². The summed E-state index contributed by atoms with van der Waals surface area (Å²) in [5.74, 6) is -0.422. The van der Waals surface area contributed by atoms with Crippen LogP contribution in [-0.2, 0) is 16.0 Å². The smallest absolute Gasteiger partial charge is 0.323 e. The maximum Gasteiger partial charge on any atom is 0.323 e. The molecule has 1 unspecified atom stereocenters. The van der Waals surface area contributed by atoms with Crippen LogP contribution in [0, 0.1) is 0 Å². The Morgan fingerprint density at radius 1 is 1.18 bits per heavy atom. The monoisotopic (exact) mass is 234 g/mol. The molecule has 1 aliphatic heterocycles. The van der Waals surface area contributed by atoms with Crippen LogP contribution >= 0.6 is 0 Å². The highest BCUT2D eigenvalue weighted by atomic mass is 16.5. The number of carbonyl (C=O) groups is 2. The van der Waals surface area contributed by atoms with Crippen LogP contribution in [0.2, 0.25) is 0 Å². The molecule has 17 heavy (non-hydrogen) atoms. The molecule has 5 heteroatoms. The molecular formula is C12H14N2O3. The molecule has 3 amide bonds. The standard InChI is InChI=1S/C12H14N2O3/c15-10-11(14-12(16)13-10)17-8-4-7-9-5-2-1-3-6-9/h1-3,5-6,11H,4,7-8H2,(H2,13,14,15,16). The minimum absolute atomic E-state index is 0.422. The van der Waals surface area contributed by atoms with Gasteiger partial charge in [0.15, 0.2) is 0 Å². The summed E-state index contributed by atoms with van der Waals surface area (Å²) in [4.78, 5) is 21.9. The maximum atomic E-state index is 11.1. The molecule has 1 aromatic carbocycles. The zero-order valence-electron chi connectivity index (χ0n) is 9.31. The number of imide groups is 1. The number of rotatable bonds is 5. The van der Waals surface area contributed by atoms with Gasteiger partial charge in [0.05, 0.1) is 6.61 Å². The van der Waals surface area contributed by atoms with Crippen LogP contribution in [0.5, 0.6) is 0 Å². The Morgan fingerprint density at radius 2 is 1.94 bits per heavy atom. The summed E-state index contributed by atoms with van der Waals surface area (Å²) in [5, 5.41) is 4.49. The van der Waals surface area contributed by atoms with E-state index < -0.39 is 18.2 Å². The van der Waals surface area contributed by atoms with Crippen molar-refractivity contribution in [3.63, 3.8) is 0 Å². The van der Waals surface area contributed by atoms with Crippen LogP contribution in [0.4, 0.5) is 4.79 Å². The first-order valence-corrected chi connectivity index (χ1v) is 5.52. The summed E-state index contributed by atoms with van der Waals surface area (Å²) < 4.78 is 5.26. The van der Waals surface area contributed by atoms with E-state index in [4.69, 9.17) is 4.74 Å². The number of carbonyl (C=O) groups excluding carboxylic acids is 2. The van der Waals surface area contributed by atoms with Crippen LogP contribution < -0.4 is 10.6 Å². The van der Waals surface area contributed by atoms with Gasteiger partial charge in [-0.3, -0.25) is 10.1 Å². The summed E-state index contributed by atoms with van der Waals surface area (Å²) in [5.41, 5.74) is 1.23. The first-order chi connectivity index (χ1) is 8.25. The summed E-state index contributed by atoms with van der Waals surface area (Å²) in [7, 11) is 0. The van der Waals surface area contributed by atoms with Crippen molar-refractivity contribution in [3.05, 3.63) is 35.9 Å². The van der Waals surface area contributed by atoms with E-state index in [1.165, 1.54) is 5.56 Å². The zero-order valence-corrected chi connectivity index (χ0v) is 9.31. The molecule has 1 saturated heterocycles. The van der Waals surface area contributed by atoms with Crippen molar-refractivity contribution >= 4 is 11.9 Å². The van der Waals surface area contributed by atoms with Crippen molar-refractivity contribution < 1.29 is 14.3 Å². The van der Waals surface area contributed by atoms with Gasteiger partial charge in [0, 0.05) is 0 Å². The largest absolute Gasteiger partial charge is 0.349 e. The molecule has 1 aliphatic rings. The Balaban J connectivity index is 1.67. The van der Waals surface area contributed by atoms with Crippen molar-refractivity contribution in [2.45, 2.75) is 19.1 Å². The van der Waals surface area contributed by atoms with Gasteiger partial charge in [0.1, 0.15) is 0 Å². The van der Waals surface area contributed by atoms with E-state index in [1.807, 2.05) is 30.3 Å². The van der Waals surface area contributed by atoms with Crippen LogP contribution in [0.1, 0.15) is 12.0 Å². The van der Waals surface area contributed by atoms with E-state index in [1.54, 1.807) is 0 Å². The molecule has 1 atom stereocenters. The number of urea groups is 1. The quantitative estimate of drug-likeness (QED) is 0.585. The number of hydrogen-bond donors (Lipinski definition) is 2. The van der Waals surface area contributed by atoms with Crippen LogP contribution in [0.15, 0.2) is 30.3 Å². The van der Waals surface area contributed by atoms with Gasteiger partial charge in [0.2, 0.25) is 6.23 Å². The maximum absolute atomic E-state index is 11.1. The number of nitrogens with one attached hydrogen (secondary N) is 2. The summed E-state index contributed by atoms with van der Waals surface area (Å²) in [6.45, 7) is 0.438. The number of ether oxygens (including phenoxy) is 1. The third kappa shape index (κ3) is 3.29. The lowest BCUT2D eigenvalue weighted by Crippen LogP contribution is -2.32. The lowest BCUT2D eigenvalue weighted by molar-refractivity contribution is -0.130. The van der Waals surface area contributed by atoms with Crippen molar-refractivity contribution in [2.24, 2.45) is 0 Å². The molecule has 1 heterocycles. The van der Waals surface area contributed by atoms with E-state index in [-0.39, 0.29) is 0 Å². The number of amides is 3. The fraction of sp³-hybridized carbons (Fsp3) is 0.333. The van der Waals surface area contributed by atoms with Crippen molar-refractivity contribution in [1.29, 1.82) is 0 Å². The normalized spacial score (nSPS) is 18.9. The molecule has 1 fully saturated rings. The van der Waals surface area contributed by atoms with Gasteiger partial charge >= 0.3 is 6.03 Å². The Labute approximate surface area is 99.2 Å². The van der Waals surface area contributed by atoms with Crippen molar-refractivity contribution in [2.75, 3.05) is 6.61 Å². The van der Waals surface area contributed by atoms with E-state index in [0.29, 0.717) is 6.61 Å². The fourth-order valence-electron chi connectivity index (χ4n) is 1.64. The predicted molar refractivity (Wildman–Crippen MR) is 61.2 cm³/mol. The minimum atomic E-state index is -0.835. The first kappa shape index (κ1) is 11.6. The highest BCUT2D eigenvalue weighted by Gasteiger charge is 2.29. The molecule has 0 bridgehead atoms. The molecule has 0 saturated carbocycles. The minimum Gasteiger partial charge on any atom is -0.349 e. The van der Waals surface area contributed by atoms with Gasteiger partial charge < -0.3 is 10.1 Å². The highest BCUT2D eigenvalue weighted by Crippen LogP contribution is 2.03. The van der Waals surface area contributed by atoms with Crippen molar-refractivity contribution in [1.82, 2.24) is 10.6 Å². The number of aryl methyl sites for hydroxylation is 1. The number of hydrogen-bond acceptors (Lipinski definition) is 3. The average molecular weight is 234 g/mol. The third-order valence-electron chi connectivity index (χ3n) is 2.47. The van der Waals surface area contributed by atoms with Gasteiger partial charge in [-0.15, -0.1) is 0 Å². The molecule has 0 radical (unpaired) electrons. The Morgan fingerprint density at radius 3 is 2.59 bits per heavy atom. The number of benzene rings is 1. The van der Waals surface area contributed by atoms with E-state index >= 15 is 0 Å². The summed E-state index contributed by atoms with van der Waals surface area (Å²) >= 11 is 0. The zero-order chi connectivity index (χ0) is 12.1. The van der Waals surface area contributed by atoms with Gasteiger partial charge in [-0.2, -0.15) is 0 Å². The molecule has 2 N–H and O–H groups in total. The Kier molecular flexibility index (Phi) is 3.72. The fourth-order valence-corrected chi connectivity index (χ4v) is 1.64. The summed E-state index contributed by atoms with van der Waals surface area (Å²) in [6.07, 6.45) is 0.866. The topological polar surface area (TPSA) is 67.4 Å². The average Bonchev–Trinajstić information content (AvgIpc) is 2.65. The highest BCUT2D eigenvalue weighted by molar-refractivity contribution is 6.03. The van der Waals surface area contributed by atoms with Gasteiger partial charge in [-0.05, 0) is 18.4 Å². The van der Waals surface area contributed by atoms with Gasteiger partial charge in [-0.25, -0.2) is 4.79 Å². The molecule has 0 aromatic heterocycles. The third-order valence-corrected chi connectivity index (χ3v) is 2.47. The second-order valence-electron chi connectivity index (χ2n) is 3.80. The van der Waals surface area contributed by atoms with Crippen molar-refractivity contribution in [3.8, 4) is 0 Å². The molecule has 5 nitrogen and oxygen atoms in total. The van der Waals surface area contributed by atoms with Crippen LogP contribution in [0.25, 0.3) is 0 Å². The molecule has 0 aliphatic carbocycles. The second kappa shape index (κ2) is 5.45. The SMILES string of the molecule is O=C1NC(=O)C(OCCCc2ccccc2)N1. The molecule has 90 valence electrons. The summed E-state index contributed by atoms with van der Waals surface area (Å²) in [6, 6.07) is 9.54. The van der Waals surface area contributed by atoms with Crippen LogP contribution in [0.3, 0.4) is 0 Å². The Bertz CT molecular complexity index is 405. The van der Waals surface area contributed by atoms with E-state index in [9.17, 15) is 9.59 Å². The Hall–Kier alpha value is -1.88. The first-order valence-electron chi connectivity index (χ1n) is 5.52. The van der Waals surface area contributed by atoms with Crippen LogP contribution in [-0.4, -0.2) is 24.8 Å². The molecular weight excluding hydrogens is 220 g/mol. The lowest BCUT2D eigenvalue weighted by atomic mass is 10.1. The molecule has 2 rings (SSSR count).